The van der Waals surface area contributed by atoms with Crippen molar-refractivity contribution >= 4 is 243 Å². The monoisotopic (exact) mass is 2040 g/mol. The van der Waals surface area contributed by atoms with Crippen molar-refractivity contribution in [3.05, 3.63) is 451 Å². The van der Waals surface area contributed by atoms with Crippen LogP contribution in [0.2, 0.25) is 41.2 Å². The summed E-state index contributed by atoms with van der Waals surface area (Å²) >= 11 is 56.2. The molecule has 620 valence electrons. The summed E-state index contributed by atoms with van der Waals surface area (Å²) in [4.78, 5) is 10.2. The van der Waals surface area contributed by atoms with Gasteiger partial charge in [0.15, 0.2) is 10.3 Å². The van der Waals surface area contributed by atoms with Gasteiger partial charge in [0.05, 0.1) is 12.7 Å². The third-order valence-electron chi connectivity index (χ3n) is 21.8. The summed E-state index contributed by atoms with van der Waals surface area (Å²) in [6.45, 7) is 3.31. The Balaban J connectivity index is 0.000000122. The Morgan fingerprint density at radius 2 is 0.488 bits per heavy atom. The molecule has 0 amide bonds. The second-order valence-corrected chi connectivity index (χ2v) is 34.2. The predicted octanol–water partition coefficient (Wildman–Crippen LogP) is 25.2. The maximum Gasteiger partial charge on any atom is 0.255 e. The van der Waals surface area contributed by atoms with E-state index in [1.165, 1.54) is 164 Å². The van der Waals surface area contributed by atoms with Gasteiger partial charge < -0.3 is 43.5 Å². The van der Waals surface area contributed by atoms with Crippen LogP contribution >= 0.6 is 125 Å². The topological polar surface area (TPSA) is 64.1 Å². The minimum absolute atomic E-state index is 0. The average molecular weight is 2050 g/mol. The third-order valence-corrected chi connectivity index (χ3v) is 26.3. The lowest BCUT2D eigenvalue weighted by atomic mass is 10.0. The summed E-state index contributed by atoms with van der Waals surface area (Å²) in [5.74, 6) is 0. The van der Waals surface area contributed by atoms with Gasteiger partial charge in [-0.05, 0) is 283 Å². The highest BCUT2D eigenvalue weighted by Crippen LogP contribution is 2.33. The molecule has 1 N–H and O–H groups in total. The second kappa shape index (κ2) is 41.6. The highest BCUT2D eigenvalue weighted by molar-refractivity contribution is 9.08. The zero-order chi connectivity index (χ0) is 84.5. The van der Waals surface area contributed by atoms with Crippen molar-refractivity contribution < 1.29 is 43.1 Å². The van der Waals surface area contributed by atoms with E-state index in [0.29, 0.717) is 73.9 Å². The summed E-state index contributed by atoms with van der Waals surface area (Å²) in [7, 11) is 0. The van der Waals surface area contributed by atoms with Gasteiger partial charge in [-0.15, -0.1) is 0 Å². The van der Waals surface area contributed by atoms with Crippen molar-refractivity contribution in [3.63, 3.8) is 0 Å². The van der Waals surface area contributed by atoms with Crippen LogP contribution in [0.5, 0.6) is 0 Å². The van der Waals surface area contributed by atoms with E-state index >= 15 is 0 Å². The molecular formula is C105H76Br4Cl8N8. The number of rotatable bonds is 12. The maximum absolute atomic E-state index is 6.63. The third kappa shape index (κ3) is 21.6. The number of nitrogens with zero attached hydrogens (tertiary/aromatic N) is 7. The van der Waals surface area contributed by atoms with E-state index in [1.54, 1.807) is 6.33 Å². The second-order valence-electron chi connectivity index (χ2n) is 30.2. The molecule has 0 bridgehead atoms. The van der Waals surface area contributed by atoms with Gasteiger partial charge in [-0.3, -0.25) is 0 Å². The van der Waals surface area contributed by atoms with E-state index in [4.69, 9.17) is 92.8 Å². The van der Waals surface area contributed by atoms with Gasteiger partial charge in [0.2, 0.25) is 12.7 Å². The van der Waals surface area contributed by atoms with Gasteiger partial charge in [-0.25, -0.2) is 28.2 Å². The SMILES string of the molecule is BrCc1ccc2cc3ccccc3cc2c1.BrCc1ccc2ccccc2c1.Clc1c(Cl)[n+](Cc2ccc3cc4ccccc4cc3c2)cn1Cc1ccc2ccccc2c1.Clc1c(Cl)[n+](Cc2ccc3cc4ccccc4cc3c2)cn1Cc1ccc2ccccc2c1.Clc1nc[nH]c1Cl.Clc1ncn(Cc2ccc3cc4ccccc4cc3c2)c1Cl.[Br-].[Br-]. The van der Waals surface area contributed by atoms with Crippen LogP contribution in [-0.2, 0) is 43.4 Å². The maximum atomic E-state index is 6.63. The molecule has 0 aliphatic rings. The van der Waals surface area contributed by atoms with Gasteiger partial charge in [0, 0.05) is 17.2 Å². The standard InChI is InChI=1S/2C29H21Cl2N2.C18H12Cl2N2.C15H11Br.C11H9Br.C3H2Cl2N2.2BrH/c2*30-28-29(31)33(19-32(28)17-20-9-11-22-5-1-2-6-23(22)13-20)18-21-10-12-26-15-24-7-3-4-8-25(24)16-27(26)14-21;19-17-18(20)22(11-21-17)10-12-5-6-15-8-13-3-1-2-4-14(13)9-16(15)7-12;16-10-11-5-6-14-8-12-3-1-2-4-13(12)9-15(14)7-11;12-8-9-5-6-10-3-1-2-4-11(10)7-9;4-2-3(5)7-1-6-2;;/h2*1-16,19H,17-18H2;1-9,11H,10H2;1-9H,10H2;1-7H,8H2;1H,(H,6,7);2*1H/q2*+1;;;;;;/p-2. The molecule has 0 radical (unpaired) electrons. The van der Waals surface area contributed by atoms with Crippen LogP contribution in [0.3, 0.4) is 0 Å². The highest BCUT2D eigenvalue weighted by atomic mass is 79.9. The van der Waals surface area contributed by atoms with Crippen molar-refractivity contribution in [2.24, 2.45) is 0 Å². The molecule has 4 aromatic heterocycles. The Kier molecular flexibility index (Phi) is 29.8. The van der Waals surface area contributed by atoms with Crippen molar-refractivity contribution in [3.8, 4) is 0 Å². The van der Waals surface area contributed by atoms with E-state index < -0.39 is 0 Å². The molecule has 8 nitrogen and oxygen atoms in total. The van der Waals surface area contributed by atoms with Crippen molar-refractivity contribution in [1.82, 2.24) is 28.7 Å². The van der Waals surface area contributed by atoms with Crippen molar-refractivity contribution in [2.45, 2.75) is 43.4 Å². The van der Waals surface area contributed by atoms with Crippen LogP contribution in [0.15, 0.2) is 371 Å². The molecule has 0 fully saturated rings. The summed E-state index contributed by atoms with van der Waals surface area (Å²) in [6, 6.07) is 123. The van der Waals surface area contributed by atoms with Gasteiger partial charge >= 0.3 is 0 Å². The largest absolute Gasteiger partial charge is 1.00 e. The summed E-state index contributed by atoms with van der Waals surface area (Å²) in [5, 5.41) is 33.2. The summed E-state index contributed by atoms with van der Waals surface area (Å²) in [6.07, 6.45) is 7.11. The van der Waals surface area contributed by atoms with Gasteiger partial charge in [-0.1, -0.05) is 345 Å². The van der Waals surface area contributed by atoms with Crippen LogP contribution in [0, 0.1) is 0 Å². The lowest BCUT2D eigenvalue weighted by Gasteiger charge is -2.07. The molecule has 0 saturated carbocycles. The molecule has 20 heteroatoms. The minimum Gasteiger partial charge on any atom is -1.00 e. The fourth-order valence-electron chi connectivity index (χ4n) is 15.5. The smallest absolute Gasteiger partial charge is 0.255 e. The molecule has 0 unspecified atom stereocenters. The minimum atomic E-state index is 0. The van der Waals surface area contributed by atoms with Crippen LogP contribution in [0.1, 0.15) is 38.9 Å². The quantitative estimate of drug-likeness (QED) is 0.0753. The van der Waals surface area contributed by atoms with Crippen LogP contribution < -0.4 is 43.1 Å². The fourth-order valence-corrected chi connectivity index (χ4v) is 17.5. The van der Waals surface area contributed by atoms with E-state index in [9.17, 15) is 0 Å². The fraction of sp³-hybridized carbons (Fsp3) is 0.0667. The number of aromatic amines is 1. The first kappa shape index (κ1) is 89.7. The Morgan fingerprint density at radius 1 is 0.248 bits per heavy atom. The molecule has 18 aromatic carbocycles. The van der Waals surface area contributed by atoms with Gasteiger partial charge in [-0.2, -0.15) is 0 Å². The van der Waals surface area contributed by atoms with Crippen LogP contribution in [-0.4, -0.2) is 28.7 Å². The summed E-state index contributed by atoms with van der Waals surface area (Å²) < 4.78 is 9.86. The van der Waals surface area contributed by atoms with Gasteiger partial charge in [0.1, 0.15) is 36.5 Å². The van der Waals surface area contributed by atoms with Gasteiger partial charge in [0.25, 0.3) is 20.6 Å². The predicted molar refractivity (Wildman–Crippen MR) is 529 cm³/mol. The van der Waals surface area contributed by atoms with E-state index in [-0.39, 0.29) is 34.0 Å². The number of fused-ring (bicyclic) bond motifs is 11. The molecule has 0 spiro atoms. The van der Waals surface area contributed by atoms with E-state index in [2.05, 4.69) is 393 Å². The van der Waals surface area contributed by atoms with Crippen molar-refractivity contribution in [2.75, 3.05) is 0 Å². The summed E-state index contributed by atoms with van der Waals surface area (Å²) in [5.41, 5.74) is 8.56. The first-order valence-corrected chi connectivity index (χ1v) is 45.1. The number of H-pyrrole nitrogens is 1. The number of benzene rings is 18. The molecule has 0 aliphatic carbocycles. The molecule has 4 heterocycles. The molecule has 22 aromatic rings. The number of nitrogens with one attached hydrogen (secondary N) is 1. The number of hydrogen-bond acceptors (Lipinski definition) is 2. The zero-order valence-electron chi connectivity index (χ0n) is 66.8. The molecular weight excluding hydrogens is 1980 g/mol. The van der Waals surface area contributed by atoms with Crippen LogP contribution in [0.4, 0.5) is 0 Å². The normalized spacial score (nSPS) is 11.1. The number of alkyl halides is 2. The number of halogens is 12. The molecule has 0 atom stereocenters. The number of imidazole rings is 4. The van der Waals surface area contributed by atoms with Crippen molar-refractivity contribution in [1.29, 1.82) is 0 Å². The molecule has 0 saturated heterocycles. The molecule has 22 rings (SSSR count). The van der Waals surface area contributed by atoms with E-state index in [0.717, 1.165) is 10.7 Å². The Bertz CT molecular complexity index is 7380. The van der Waals surface area contributed by atoms with Crippen LogP contribution in [0.25, 0.3) is 118 Å². The molecule has 125 heavy (non-hydrogen) atoms. The number of aromatic nitrogens is 8. The first-order valence-electron chi connectivity index (χ1n) is 39.8. The lowest BCUT2D eigenvalue weighted by molar-refractivity contribution is -0.685. The average Bonchev–Trinajstić information content (AvgIpc) is 1.67. The van der Waals surface area contributed by atoms with E-state index in [1.807, 2.05) is 35.5 Å². The first-order chi connectivity index (χ1) is 60.0. The zero-order valence-corrected chi connectivity index (χ0v) is 79.2. The Morgan fingerprint density at radius 3 is 0.768 bits per heavy atom. The Hall–Kier alpha value is -10.1. The Labute approximate surface area is 801 Å². The lowest BCUT2D eigenvalue weighted by Crippen LogP contribution is -3.00. The highest BCUT2D eigenvalue weighted by Gasteiger charge is 2.23. The number of hydrogen-bond donors (Lipinski definition) is 1. The molecule has 0 aliphatic heterocycles.